The van der Waals surface area contributed by atoms with Crippen molar-refractivity contribution >= 4 is 0 Å². The van der Waals surface area contributed by atoms with Gasteiger partial charge < -0.3 is 5.11 Å². The Hall–Kier alpha value is -0.860. The minimum atomic E-state index is -0.374. The Morgan fingerprint density at radius 2 is 1.95 bits per heavy atom. The molecule has 1 atom stereocenters. The molecule has 2 rings (SSSR count). The number of hydrogen-bond donors (Lipinski definition) is 1. The molecule has 1 aromatic carbocycles. The maximum absolute atomic E-state index is 10.5. The number of aryl methyl sites for hydroxylation is 2. The van der Waals surface area contributed by atoms with Crippen LogP contribution in [-0.4, -0.2) is 29.1 Å². The van der Waals surface area contributed by atoms with Gasteiger partial charge in [0.2, 0.25) is 0 Å². The molecular formula is C17H27NO. The summed E-state index contributed by atoms with van der Waals surface area (Å²) in [4.78, 5) is 2.42. The van der Waals surface area contributed by atoms with Crippen LogP contribution in [0.2, 0.25) is 0 Å². The predicted octanol–water partition coefficient (Wildman–Crippen LogP) is 3.46. The Bertz CT molecular complexity index is 423. The molecule has 1 fully saturated rings. The SMILES string of the molecule is Cc1ccc(C)c(C(O)CN(CC2CC2)C(C)C)c1. The summed E-state index contributed by atoms with van der Waals surface area (Å²) in [6.45, 7) is 10.5. The average molecular weight is 261 g/mol. The zero-order valence-electron chi connectivity index (χ0n) is 12.7. The fraction of sp³-hybridized carbons (Fsp3) is 0.647. The third kappa shape index (κ3) is 4.05. The molecule has 106 valence electrons. The first-order valence-electron chi connectivity index (χ1n) is 7.46. The first-order chi connectivity index (χ1) is 8.97. The molecular weight excluding hydrogens is 234 g/mol. The van der Waals surface area contributed by atoms with E-state index in [0.717, 1.165) is 24.6 Å². The highest BCUT2D eigenvalue weighted by Gasteiger charge is 2.27. The third-order valence-electron chi connectivity index (χ3n) is 4.12. The van der Waals surface area contributed by atoms with Crippen molar-refractivity contribution in [2.75, 3.05) is 13.1 Å². The lowest BCUT2D eigenvalue weighted by Crippen LogP contribution is -2.36. The van der Waals surface area contributed by atoms with Gasteiger partial charge in [-0.3, -0.25) is 4.90 Å². The van der Waals surface area contributed by atoms with Crippen molar-refractivity contribution in [3.8, 4) is 0 Å². The summed E-state index contributed by atoms with van der Waals surface area (Å²) in [5.41, 5.74) is 3.49. The third-order valence-corrected chi connectivity index (χ3v) is 4.12. The highest BCUT2D eigenvalue weighted by Crippen LogP contribution is 2.31. The van der Waals surface area contributed by atoms with Crippen LogP contribution in [0, 0.1) is 19.8 Å². The molecule has 0 aliphatic heterocycles. The summed E-state index contributed by atoms with van der Waals surface area (Å²) < 4.78 is 0. The van der Waals surface area contributed by atoms with Crippen LogP contribution in [0.15, 0.2) is 18.2 Å². The van der Waals surface area contributed by atoms with E-state index in [4.69, 9.17) is 0 Å². The molecule has 1 aliphatic carbocycles. The molecule has 1 aliphatic rings. The van der Waals surface area contributed by atoms with Crippen LogP contribution >= 0.6 is 0 Å². The van der Waals surface area contributed by atoms with E-state index in [2.05, 4.69) is 50.8 Å². The fourth-order valence-electron chi connectivity index (χ4n) is 2.57. The lowest BCUT2D eigenvalue weighted by Gasteiger charge is -2.29. The van der Waals surface area contributed by atoms with Crippen LogP contribution in [0.25, 0.3) is 0 Å². The molecule has 0 saturated heterocycles. The maximum Gasteiger partial charge on any atom is 0.0919 e. The standard InChI is InChI=1S/C17H27NO/c1-12(2)18(10-15-7-8-15)11-17(19)16-9-13(3)5-6-14(16)4/h5-6,9,12,15,17,19H,7-8,10-11H2,1-4H3. The number of nitrogens with zero attached hydrogens (tertiary/aromatic N) is 1. The van der Waals surface area contributed by atoms with Crippen molar-refractivity contribution in [3.63, 3.8) is 0 Å². The van der Waals surface area contributed by atoms with Crippen molar-refractivity contribution in [2.45, 2.75) is 52.7 Å². The Kier molecular flexibility index (Phi) is 4.64. The van der Waals surface area contributed by atoms with Crippen molar-refractivity contribution in [1.82, 2.24) is 4.90 Å². The highest BCUT2D eigenvalue weighted by atomic mass is 16.3. The number of aliphatic hydroxyl groups is 1. The van der Waals surface area contributed by atoms with Crippen LogP contribution in [-0.2, 0) is 0 Å². The lowest BCUT2D eigenvalue weighted by molar-refractivity contribution is 0.0919. The molecule has 0 spiro atoms. The molecule has 1 N–H and O–H groups in total. The predicted molar refractivity (Wildman–Crippen MR) is 80.3 cm³/mol. The van der Waals surface area contributed by atoms with E-state index in [0.29, 0.717) is 6.04 Å². The van der Waals surface area contributed by atoms with Crippen LogP contribution in [0.1, 0.15) is 49.5 Å². The van der Waals surface area contributed by atoms with Crippen molar-refractivity contribution in [2.24, 2.45) is 5.92 Å². The Balaban J connectivity index is 2.04. The van der Waals surface area contributed by atoms with Gasteiger partial charge in [0.25, 0.3) is 0 Å². The van der Waals surface area contributed by atoms with Crippen LogP contribution < -0.4 is 0 Å². The molecule has 19 heavy (non-hydrogen) atoms. The van der Waals surface area contributed by atoms with Crippen molar-refractivity contribution < 1.29 is 5.11 Å². The minimum absolute atomic E-state index is 0.374. The Morgan fingerprint density at radius 3 is 2.53 bits per heavy atom. The molecule has 2 heteroatoms. The van der Waals surface area contributed by atoms with Gasteiger partial charge in [-0.2, -0.15) is 0 Å². The summed E-state index contributed by atoms with van der Waals surface area (Å²) in [6, 6.07) is 6.83. The number of aliphatic hydroxyl groups excluding tert-OH is 1. The average Bonchev–Trinajstić information content (AvgIpc) is 3.15. The molecule has 2 nitrogen and oxygen atoms in total. The van der Waals surface area contributed by atoms with E-state index in [1.807, 2.05) is 0 Å². The summed E-state index contributed by atoms with van der Waals surface area (Å²) in [5.74, 6) is 0.869. The second-order valence-corrected chi connectivity index (χ2v) is 6.37. The van der Waals surface area contributed by atoms with Gasteiger partial charge in [-0.25, -0.2) is 0 Å². The molecule has 0 bridgehead atoms. The van der Waals surface area contributed by atoms with E-state index in [1.54, 1.807) is 0 Å². The first-order valence-corrected chi connectivity index (χ1v) is 7.46. The van der Waals surface area contributed by atoms with Crippen LogP contribution in [0.4, 0.5) is 0 Å². The smallest absolute Gasteiger partial charge is 0.0919 e. The Labute approximate surface area is 117 Å². The van der Waals surface area contributed by atoms with E-state index in [-0.39, 0.29) is 6.10 Å². The summed E-state index contributed by atoms with van der Waals surface area (Å²) in [5, 5.41) is 10.5. The largest absolute Gasteiger partial charge is 0.387 e. The van der Waals surface area contributed by atoms with Gasteiger partial charge in [0.1, 0.15) is 0 Å². The molecule has 0 amide bonds. The van der Waals surface area contributed by atoms with Crippen molar-refractivity contribution in [1.29, 1.82) is 0 Å². The van der Waals surface area contributed by atoms with Gasteiger partial charge in [0.05, 0.1) is 6.10 Å². The van der Waals surface area contributed by atoms with Gasteiger partial charge >= 0.3 is 0 Å². The van der Waals surface area contributed by atoms with E-state index in [1.165, 1.54) is 24.0 Å². The molecule has 1 aromatic rings. The maximum atomic E-state index is 10.5. The minimum Gasteiger partial charge on any atom is -0.387 e. The highest BCUT2D eigenvalue weighted by molar-refractivity contribution is 5.32. The van der Waals surface area contributed by atoms with E-state index in [9.17, 15) is 5.11 Å². The summed E-state index contributed by atoms with van der Waals surface area (Å²) >= 11 is 0. The molecule has 0 radical (unpaired) electrons. The number of benzene rings is 1. The quantitative estimate of drug-likeness (QED) is 0.847. The first kappa shape index (κ1) is 14.5. The second kappa shape index (κ2) is 6.06. The number of hydrogen-bond acceptors (Lipinski definition) is 2. The second-order valence-electron chi connectivity index (χ2n) is 6.37. The molecule has 1 saturated carbocycles. The van der Waals surface area contributed by atoms with E-state index >= 15 is 0 Å². The summed E-state index contributed by atoms with van der Waals surface area (Å²) in [6.07, 6.45) is 2.35. The van der Waals surface area contributed by atoms with Gasteiger partial charge in [-0.1, -0.05) is 23.8 Å². The zero-order chi connectivity index (χ0) is 14.0. The van der Waals surface area contributed by atoms with Crippen molar-refractivity contribution in [3.05, 3.63) is 34.9 Å². The number of rotatable bonds is 6. The molecule has 0 heterocycles. The Morgan fingerprint density at radius 1 is 1.26 bits per heavy atom. The van der Waals surface area contributed by atoms with Gasteiger partial charge in [-0.05, 0) is 57.6 Å². The lowest BCUT2D eigenvalue weighted by atomic mass is 10.00. The fourth-order valence-corrected chi connectivity index (χ4v) is 2.57. The monoisotopic (exact) mass is 261 g/mol. The molecule has 1 unspecified atom stereocenters. The zero-order valence-corrected chi connectivity index (χ0v) is 12.7. The van der Waals surface area contributed by atoms with Crippen LogP contribution in [0.5, 0.6) is 0 Å². The topological polar surface area (TPSA) is 23.5 Å². The molecule has 0 aromatic heterocycles. The summed E-state index contributed by atoms with van der Waals surface area (Å²) in [7, 11) is 0. The van der Waals surface area contributed by atoms with Crippen LogP contribution in [0.3, 0.4) is 0 Å². The van der Waals surface area contributed by atoms with Gasteiger partial charge in [0, 0.05) is 19.1 Å². The van der Waals surface area contributed by atoms with Gasteiger partial charge in [-0.15, -0.1) is 0 Å². The van der Waals surface area contributed by atoms with Gasteiger partial charge in [0.15, 0.2) is 0 Å². The normalized spacial score (nSPS) is 17.2. The van der Waals surface area contributed by atoms with E-state index < -0.39 is 0 Å².